The number of hydrogen-bond acceptors (Lipinski definition) is 3. The monoisotopic (exact) mass is 351 g/mol. The molecule has 0 bridgehead atoms. The molecule has 1 heterocycles. The van der Waals surface area contributed by atoms with Crippen molar-refractivity contribution in [2.24, 2.45) is 5.73 Å². The maximum atomic E-state index is 13.0. The Hall–Kier alpha value is -2.89. The second kappa shape index (κ2) is 6.12. The molecule has 1 fully saturated rings. The molecule has 6 heteroatoms. The number of rotatable bonds is 4. The first kappa shape index (κ1) is 16.6. The molecule has 2 aliphatic carbocycles. The van der Waals surface area contributed by atoms with Crippen LogP contribution in [0.15, 0.2) is 41.2 Å². The van der Waals surface area contributed by atoms with Gasteiger partial charge in [-0.2, -0.15) is 0 Å². The SMILES string of the molecule is NC(=O)c1cc2c([nH]c1=O)CCCC2NC(=O)C1(c2ccccc2)CC1. The van der Waals surface area contributed by atoms with Crippen LogP contribution in [-0.4, -0.2) is 16.8 Å². The predicted molar refractivity (Wildman–Crippen MR) is 96.8 cm³/mol. The summed E-state index contributed by atoms with van der Waals surface area (Å²) in [5.74, 6) is -0.749. The Labute approximate surface area is 150 Å². The van der Waals surface area contributed by atoms with Crippen LogP contribution >= 0.6 is 0 Å². The van der Waals surface area contributed by atoms with E-state index in [1.165, 1.54) is 0 Å². The Morgan fingerprint density at radius 1 is 1.19 bits per heavy atom. The first-order valence-corrected chi connectivity index (χ1v) is 8.94. The molecule has 26 heavy (non-hydrogen) atoms. The number of aromatic amines is 1. The summed E-state index contributed by atoms with van der Waals surface area (Å²) in [5, 5.41) is 3.15. The number of fused-ring (bicyclic) bond motifs is 1. The smallest absolute Gasteiger partial charge is 0.261 e. The van der Waals surface area contributed by atoms with Crippen molar-refractivity contribution in [3.8, 4) is 0 Å². The van der Waals surface area contributed by atoms with E-state index >= 15 is 0 Å². The van der Waals surface area contributed by atoms with E-state index in [-0.39, 0.29) is 17.5 Å². The summed E-state index contributed by atoms with van der Waals surface area (Å²) < 4.78 is 0. The van der Waals surface area contributed by atoms with Crippen LogP contribution in [-0.2, 0) is 16.6 Å². The Morgan fingerprint density at radius 3 is 2.58 bits per heavy atom. The van der Waals surface area contributed by atoms with Crippen LogP contribution in [0.3, 0.4) is 0 Å². The maximum absolute atomic E-state index is 13.0. The average Bonchev–Trinajstić information content (AvgIpc) is 3.44. The van der Waals surface area contributed by atoms with Crippen LogP contribution in [0.1, 0.15) is 58.9 Å². The lowest BCUT2D eigenvalue weighted by molar-refractivity contribution is -0.124. The van der Waals surface area contributed by atoms with Gasteiger partial charge in [-0.15, -0.1) is 0 Å². The number of H-pyrrole nitrogens is 1. The summed E-state index contributed by atoms with van der Waals surface area (Å²) in [6, 6.07) is 11.1. The Bertz CT molecular complexity index is 929. The normalized spacial score (nSPS) is 20.1. The molecule has 0 saturated heterocycles. The van der Waals surface area contributed by atoms with Gasteiger partial charge in [0.25, 0.3) is 11.5 Å². The molecule has 0 spiro atoms. The lowest BCUT2D eigenvalue weighted by atomic mass is 9.88. The zero-order valence-corrected chi connectivity index (χ0v) is 14.4. The van der Waals surface area contributed by atoms with Crippen molar-refractivity contribution in [2.45, 2.75) is 43.6 Å². The minimum Gasteiger partial charge on any atom is -0.365 e. The lowest BCUT2D eigenvalue weighted by Crippen LogP contribution is -2.39. The number of amides is 2. The van der Waals surface area contributed by atoms with Gasteiger partial charge in [0.1, 0.15) is 5.56 Å². The van der Waals surface area contributed by atoms with Crippen LogP contribution in [0.2, 0.25) is 0 Å². The topological polar surface area (TPSA) is 105 Å². The maximum Gasteiger partial charge on any atom is 0.261 e. The third-order valence-corrected chi connectivity index (χ3v) is 5.53. The van der Waals surface area contributed by atoms with E-state index in [0.717, 1.165) is 48.9 Å². The van der Waals surface area contributed by atoms with E-state index in [0.29, 0.717) is 0 Å². The fourth-order valence-corrected chi connectivity index (χ4v) is 3.90. The molecular weight excluding hydrogens is 330 g/mol. The highest BCUT2D eigenvalue weighted by molar-refractivity contribution is 5.93. The van der Waals surface area contributed by atoms with Gasteiger partial charge in [0, 0.05) is 5.69 Å². The second-order valence-corrected chi connectivity index (χ2v) is 7.18. The summed E-state index contributed by atoms with van der Waals surface area (Å²) in [5.41, 5.74) is 6.93. The van der Waals surface area contributed by atoms with E-state index in [1.807, 2.05) is 30.3 Å². The number of pyridine rings is 1. The third kappa shape index (κ3) is 2.71. The standard InChI is InChI=1S/C20H21N3O3/c21-17(24)14-11-13-15(22-18(14)25)7-4-8-16(13)23-19(26)20(9-10-20)12-5-2-1-3-6-12/h1-3,5-6,11,16H,4,7-10H2,(H2,21,24)(H,22,25)(H,23,26). The molecule has 0 radical (unpaired) electrons. The quantitative estimate of drug-likeness (QED) is 0.781. The zero-order chi connectivity index (χ0) is 18.3. The largest absolute Gasteiger partial charge is 0.365 e. The van der Waals surface area contributed by atoms with Gasteiger partial charge in [-0.1, -0.05) is 30.3 Å². The third-order valence-electron chi connectivity index (χ3n) is 5.53. The molecule has 1 atom stereocenters. The highest BCUT2D eigenvalue weighted by atomic mass is 16.2. The van der Waals surface area contributed by atoms with Crippen LogP contribution in [0, 0.1) is 0 Å². The molecule has 1 unspecified atom stereocenters. The molecule has 6 nitrogen and oxygen atoms in total. The highest BCUT2D eigenvalue weighted by Gasteiger charge is 2.51. The van der Waals surface area contributed by atoms with Gasteiger partial charge in [0.05, 0.1) is 11.5 Å². The lowest BCUT2D eigenvalue weighted by Gasteiger charge is -2.28. The van der Waals surface area contributed by atoms with Crippen LogP contribution in [0.4, 0.5) is 0 Å². The van der Waals surface area contributed by atoms with Gasteiger partial charge in [-0.05, 0) is 49.3 Å². The Kier molecular flexibility index (Phi) is 3.90. The molecule has 0 aliphatic heterocycles. The van der Waals surface area contributed by atoms with E-state index in [4.69, 9.17) is 5.73 Å². The zero-order valence-electron chi connectivity index (χ0n) is 14.4. The first-order valence-electron chi connectivity index (χ1n) is 8.94. The van der Waals surface area contributed by atoms with Gasteiger partial charge < -0.3 is 16.0 Å². The molecule has 4 rings (SSSR count). The van der Waals surface area contributed by atoms with Gasteiger partial charge in [-0.3, -0.25) is 14.4 Å². The number of primary amides is 1. The fraction of sp³-hybridized carbons (Fsp3) is 0.350. The molecule has 2 aliphatic rings. The van der Waals surface area contributed by atoms with Crippen LogP contribution in [0.25, 0.3) is 0 Å². The number of nitrogens with two attached hydrogens (primary N) is 1. The molecule has 2 amide bonds. The van der Waals surface area contributed by atoms with Crippen molar-refractivity contribution in [1.29, 1.82) is 0 Å². The fourth-order valence-electron chi connectivity index (χ4n) is 3.90. The molecule has 1 saturated carbocycles. The number of carbonyl (C=O) groups excluding carboxylic acids is 2. The van der Waals surface area contributed by atoms with Crippen LogP contribution in [0.5, 0.6) is 0 Å². The molecule has 2 aromatic rings. The van der Waals surface area contributed by atoms with Gasteiger partial charge in [-0.25, -0.2) is 0 Å². The first-order chi connectivity index (χ1) is 12.5. The number of hydrogen-bond donors (Lipinski definition) is 3. The molecule has 134 valence electrons. The minimum absolute atomic E-state index is 0.00775. The van der Waals surface area contributed by atoms with Crippen molar-refractivity contribution in [3.63, 3.8) is 0 Å². The number of benzene rings is 1. The molecule has 1 aromatic heterocycles. The van der Waals surface area contributed by atoms with Gasteiger partial charge >= 0.3 is 0 Å². The summed E-state index contributed by atoms with van der Waals surface area (Å²) >= 11 is 0. The summed E-state index contributed by atoms with van der Waals surface area (Å²) in [6.07, 6.45) is 4.02. The average molecular weight is 351 g/mol. The number of carbonyl (C=O) groups is 2. The minimum atomic E-state index is -0.757. The summed E-state index contributed by atoms with van der Waals surface area (Å²) in [7, 11) is 0. The number of nitrogens with one attached hydrogen (secondary N) is 2. The Balaban J connectivity index is 1.63. The molecule has 1 aromatic carbocycles. The van der Waals surface area contributed by atoms with E-state index in [1.54, 1.807) is 6.07 Å². The Morgan fingerprint density at radius 2 is 1.92 bits per heavy atom. The molecule has 4 N–H and O–H groups in total. The highest BCUT2D eigenvalue weighted by Crippen LogP contribution is 2.49. The van der Waals surface area contributed by atoms with Crippen LogP contribution < -0.4 is 16.6 Å². The summed E-state index contributed by atoms with van der Waals surface area (Å²) in [6.45, 7) is 0. The van der Waals surface area contributed by atoms with Gasteiger partial charge in [0.2, 0.25) is 5.91 Å². The van der Waals surface area contributed by atoms with Crippen molar-refractivity contribution >= 4 is 11.8 Å². The van der Waals surface area contributed by atoms with E-state index in [9.17, 15) is 14.4 Å². The van der Waals surface area contributed by atoms with Crippen molar-refractivity contribution in [2.75, 3.05) is 0 Å². The second-order valence-electron chi connectivity index (χ2n) is 7.18. The van der Waals surface area contributed by atoms with E-state index in [2.05, 4.69) is 10.3 Å². The predicted octanol–water partition coefficient (Wildman–Crippen LogP) is 1.70. The van der Waals surface area contributed by atoms with Crippen molar-refractivity contribution < 1.29 is 9.59 Å². The number of aromatic nitrogens is 1. The molecular formula is C20H21N3O3. The van der Waals surface area contributed by atoms with Gasteiger partial charge in [0.15, 0.2) is 0 Å². The van der Waals surface area contributed by atoms with Crippen molar-refractivity contribution in [1.82, 2.24) is 10.3 Å². The number of aryl methyl sites for hydroxylation is 1. The van der Waals surface area contributed by atoms with Crippen molar-refractivity contribution in [3.05, 3.63) is 69.1 Å². The van der Waals surface area contributed by atoms with E-state index < -0.39 is 16.9 Å². The summed E-state index contributed by atoms with van der Waals surface area (Å²) in [4.78, 5) is 39.3.